The minimum Gasteiger partial charge on any atom is -0.481 e. The van der Waals surface area contributed by atoms with Crippen molar-refractivity contribution in [2.75, 3.05) is 6.61 Å². The SMILES string of the molecule is CC(C(CCc1ccccc1)Cc1ccccc1)C(CO)C(=O)O. The van der Waals surface area contributed by atoms with Crippen LogP contribution < -0.4 is 0 Å². The van der Waals surface area contributed by atoms with Crippen molar-refractivity contribution in [3.05, 3.63) is 71.8 Å². The number of aryl methyl sites for hydroxylation is 1. The Morgan fingerprint density at radius 3 is 2.00 bits per heavy atom. The fourth-order valence-corrected chi connectivity index (χ4v) is 3.26. The molecule has 24 heavy (non-hydrogen) atoms. The normalized spacial score (nSPS) is 14.8. The molecule has 0 fully saturated rings. The highest BCUT2D eigenvalue weighted by Gasteiger charge is 2.30. The Morgan fingerprint density at radius 2 is 1.50 bits per heavy atom. The molecule has 0 spiro atoms. The van der Waals surface area contributed by atoms with Gasteiger partial charge in [0.15, 0.2) is 0 Å². The van der Waals surface area contributed by atoms with E-state index in [1.54, 1.807) is 0 Å². The fraction of sp³-hybridized carbons (Fsp3) is 0.381. The molecule has 2 rings (SSSR count). The molecule has 3 atom stereocenters. The van der Waals surface area contributed by atoms with E-state index >= 15 is 0 Å². The van der Waals surface area contributed by atoms with E-state index in [2.05, 4.69) is 24.3 Å². The van der Waals surface area contributed by atoms with Crippen LogP contribution in [0.1, 0.15) is 24.5 Å². The zero-order valence-electron chi connectivity index (χ0n) is 14.1. The number of carboxylic acid groups (broad SMARTS) is 1. The number of aliphatic hydroxyl groups is 1. The molecule has 0 bridgehead atoms. The van der Waals surface area contributed by atoms with E-state index < -0.39 is 11.9 Å². The Kier molecular flexibility index (Phi) is 7.01. The molecule has 128 valence electrons. The number of rotatable bonds is 9. The van der Waals surface area contributed by atoms with E-state index in [4.69, 9.17) is 0 Å². The monoisotopic (exact) mass is 326 g/mol. The zero-order chi connectivity index (χ0) is 17.4. The lowest BCUT2D eigenvalue weighted by molar-refractivity contribution is -0.146. The van der Waals surface area contributed by atoms with Crippen molar-refractivity contribution in [1.82, 2.24) is 0 Å². The predicted molar refractivity (Wildman–Crippen MR) is 95.8 cm³/mol. The lowest BCUT2D eigenvalue weighted by atomic mass is 9.77. The second-order valence-corrected chi connectivity index (χ2v) is 6.46. The first kappa shape index (κ1) is 18.2. The Labute approximate surface area is 144 Å². The van der Waals surface area contributed by atoms with Gasteiger partial charge < -0.3 is 10.2 Å². The standard InChI is InChI=1S/C21H26O3/c1-16(20(15-22)21(23)24)19(14-18-10-6-3-7-11-18)13-12-17-8-4-2-5-9-17/h2-11,16,19-20,22H,12-15H2,1H3,(H,23,24). The van der Waals surface area contributed by atoms with Gasteiger partial charge in [-0.1, -0.05) is 67.6 Å². The summed E-state index contributed by atoms with van der Waals surface area (Å²) in [6, 6.07) is 20.4. The first-order valence-electron chi connectivity index (χ1n) is 8.53. The van der Waals surface area contributed by atoms with E-state index in [1.165, 1.54) is 11.1 Å². The van der Waals surface area contributed by atoms with E-state index in [-0.39, 0.29) is 18.4 Å². The summed E-state index contributed by atoms with van der Waals surface area (Å²) in [6.07, 6.45) is 2.66. The largest absolute Gasteiger partial charge is 0.481 e. The molecule has 2 aromatic rings. The van der Waals surface area contributed by atoms with Gasteiger partial charge in [-0.2, -0.15) is 0 Å². The highest BCUT2D eigenvalue weighted by molar-refractivity contribution is 5.70. The maximum atomic E-state index is 11.4. The van der Waals surface area contributed by atoms with Gasteiger partial charge in [-0.15, -0.1) is 0 Å². The van der Waals surface area contributed by atoms with Crippen LogP contribution in [0.5, 0.6) is 0 Å². The van der Waals surface area contributed by atoms with E-state index in [0.717, 1.165) is 19.3 Å². The maximum absolute atomic E-state index is 11.4. The molecule has 0 saturated heterocycles. The highest BCUT2D eigenvalue weighted by atomic mass is 16.4. The second kappa shape index (κ2) is 9.24. The highest BCUT2D eigenvalue weighted by Crippen LogP contribution is 2.29. The van der Waals surface area contributed by atoms with Crippen LogP contribution in [0.2, 0.25) is 0 Å². The van der Waals surface area contributed by atoms with Gasteiger partial charge in [-0.3, -0.25) is 4.79 Å². The van der Waals surface area contributed by atoms with Crippen LogP contribution in [-0.2, 0) is 17.6 Å². The van der Waals surface area contributed by atoms with Crippen LogP contribution in [0.4, 0.5) is 0 Å². The van der Waals surface area contributed by atoms with Crippen LogP contribution >= 0.6 is 0 Å². The Hall–Kier alpha value is -2.13. The first-order chi connectivity index (χ1) is 11.6. The fourth-order valence-electron chi connectivity index (χ4n) is 3.26. The molecular weight excluding hydrogens is 300 g/mol. The third-order valence-electron chi connectivity index (χ3n) is 4.88. The maximum Gasteiger partial charge on any atom is 0.309 e. The minimum absolute atomic E-state index is 0.0866. The van der Waals surface area contributed by atoms with Crippen LogP contribution in [0, 0.1) is 17.8 Å². The molecule has 0 aromatic heterocycles. The number of aliphatic carboxylic acids is 1. The Morgan fingerprint density at radius 1 is 0.958 bits per heavy atom. The topological polar surface area (TPSA) is 57.5 Å². The smallest absolute Gasteiger partial charge is 0.309 e. The van der Waals surface area contributed by atoms with Gasteiger partial charge in [0.2, 0.25) is 0 Å². The van der Waals surface area contributed by atoms with Gasteiger partial charge in [0, 0.05) is 0 Å². The number of carboxylic acids is 1. The summed E-state index contributed by atoms with van der Waals surface area (Å²) in [4.78, 5) is 11.4. The third kappa shape index (κ3) is 5.20. The Bertz CT molecular complexity index is 609. The lowest BCUT2D eigenvalue weighted by Gasteiger charge is -2.28. The Balaban J connectivity index is 2.12. The van der Waals surface area contributed by atoms with Crippen LogP contribution in [-0.4, -0.2) is 22.8 Å². The van der Waals surface area contributed by atoms with Crippen molar-refractivity contribution in [1.29, 1.82) is 0 Å². The number of hydrogen-bond donors (Lipinski definition) is 2. The van der Waals surface area contributed by atoms with Crippen LogP contribution in [0.25, 0.3) is 0 Å². The lowest BCUT2D eigenvalue weighted by Crippen LogP contribution is -2.31. The second-order valence-electron chi connectivity index (χ2n) is 6.46. The number of carbonyl (C=O) groups is 1. The molecule has 0 saturated carbocycles. The molecule has 3 unspecified atom stereocenters. The van der Waals surface area contributed by atoms with Gasteiger partial charge in [0.05, 0.1) is 12.5 Å². The first-order valence-corrected chi connectivity index (χ1v) is 8.53. The van der Waals surface area contributed by atoms with Crippen molar-refractivity contribution >= 4 is 5.97 Å². The summed E-state index contributed by atoms with van der Waals surface area (Å²) in [7, 11) is 0. The summed E-state index contributed by atoms with van der Waals surface area (Å²) in [5.41, 5.74) is 2.48. The predicted octanol–water partition coefficient (Wildman–Crippen LogP) is 3.81. The molecule has 0 heterocycles. The molecule has 3 heteroatoms. The summed E-state index contributed by atoms with van der Waals surface area (Å²) in [5.74, 6) is -1.51. The van der Waals surface area contributed by atoms with E-state index in [0.29, 0.717) is 0 Å². The van der Waals surface area contributed by atoms with Crippen LogP contribution in [0.3, 0.4) is 0 Å². The average molecular weight is 326 g/mol. The summed E-state index contributed by atoms with van der Waals surface area (Å²) in [5, 5.41) is 18.9. The number of benzene rings is 2. The van der Waals surface area contributed by atoms with Crippen molar-refractivity contribution in [2.24, 2.45) is 17.8 Å². The third-order valence-corrected chi connectivity index (χ3v) is 4.88. The molecule has 2 aromatic carbocycles. The van der Waals surface area contributed by atoms with Gasteiger partial charge in [0.1, 0.15) is 0 Å². The average Bonchev–Trinajstić information content (AvgIpc) is 2.60. The quantitative estimate of drug-likeness (QED) is 0.737. The van der Waals surface area contributed by atoms with Gasteiger partial charge >= 0.3 is 5.97 Å². The molecule has 0 radical (unpaired) electrons. The molecular formula is C21H26O3. The van der Waals surface area contributed by atoms with E-state index in [1.807, 2.05) is 43.3 Å². The van der Waals surface area contributed by atoms with E-state index in [9.17, 15) is 15.0 Å². The summed E-state index contributed by atoms with van der Waals surface area (Å²) in [6.45, 7) is 1.64. The van der Waals surface area contributed by atoms with Crippen molar-refractivity contribution in [3.8, 4) is 0 Å². The molecule has 0 aliphatic carbocycles. The molecule has 2 N–H and O–H groups in total. The number of hydrogen-bond acceptors (Lipinski definition) is 2. The summed E-state index contributed by atoms with van der Waals surface area (Å²) < 4.78 is 0. The van der Waals surface area contributed by atoms with Crippen molar-refractivity contribution < 1.29 is 15.0 Å². The van der Waals surface area contributed by atoms with Gasteiger partial charge in [-0.25, -0.2) is 0 Å². The zero-order valence-corrected chi connectivity index (χ0v) is 14.1. The van der Waals surface area contributed by atoms with Crippen LogP contribution in [0.15, 0.2) is 60.7 Å². The molecule has 0 aliphatic heterocycles. The van der Waals surface area contributed by atoms with Gasteiger partial charge in [0.25, 0.3) is 0 Å². The van der Waals surface area contributed by atoms with Gasteiger partial charge in [-0.05, 0) is 42.2 Å². The van der Waals surface area contributed by atoms with Crippen molar-refractivity contribution in [2.45, 2.75) is 26.2 Å². The molecule has 0 amide bonds. The number of aliphatic hydroxyl groups excluding tert-OH is 1. The molecule has 0 aliphatic rings. The minimum atomic E-state index is -0.914. The summed E-state index contributed by atoms with van der Waals surface area (Å²) >= 11 is 0. The molecule has 3 nitrogen and oxygen atoms in total. The van der Waals surface area contributed by atoms with Crippen molar-refractivity contribution in [3.63, 3.8) is 0 Å².